The van der Waals surface area contributed by atoms with Crippen molar-refractivity contribution >= 4 is 17.2 Å². The molecule has 2 rings (SSSR count). The summed E-state index contributed by atoms with van der Waals surface area (Å²) >= 11 is 1.73. The minimum atomic E-state index is 0.154. The number of amidine groups is 1. The van der Waals surface area contributed by atoms with E-state index in [0.29, 0.717) is 5.92 Å². The summed E-state index contributed by atoms with van der Waals surface area (Å²) in [6, 6.07) is 0.154. The van der Waals surface area contributed by atoms with Crippen LogP contribution in [0.1, 0.15) is 54.2 Å². The Kier molecular flexibility index (Phi) is 3.82. The average Bonchev–Trinajstić information content (AvgIpc) is 2.87. The van der Waals surface area contributed by atoms with Crippen molar-refractivity contribution in [2.24, 2.45) is 16.6 Å². The fraction of sp³-hybridized carbons (Fsp3) is 0.692. The van der Waals surface area contributed by atoms with Gasteiger partial charge in [0.1, 0.15) is 0 Å². The second kappa shape index (κ2) is 5.17. The number of hydrogen-bond donors (Lipinski definition) is 1. The van der Waals surface area contributed by atoms with E-state index in [0.717, 1.165) is 16.5 Å². The van der Waals surface area contributed by atoms with Crippen molar-refractivity contribution in [2.75, 3.05) is 0 Å². The number of aryl methyl sites for hydroxylation is 2. The lowest BCUT2D eigenvalue weighted by molar-refractivity contribution is 0.701. The predicted molar refractivity (Wildman–Crippen MR) is 73.6 cm³/mol. The van der Waals surface area contributed by atoms with Crippen LogP contribution in [0.5, 0.6) is 0 Å². The van der Waals surface area contributed by atoms with Crippen LogP contribution in [-0.4, -0.2) is 10.8 Å². The van der Waals surface area contributed by atoms with Crippen LogP contribution in [0.25, 0.3) is 0 Å². The van der Waals surface area contributed by atoms with Gasteiger partial charge in [0.2, 0.25) is 0 Å². The lowest BCUT2D eigenvalue weighted by atomic mass is 10.1. The van der Waals surface area contributed by atoms with Gasteiger partial charge in [-0.2, -0.15) is 0 Å². The molecule has 0 spiro atoms. The number of aliphatic imine (C=N–C) groups is 1. The largest absolute Gasteiger partial charge is 0.387 e. The van der Waals surface area contributed by atoms with Crippen molar-refractivity contribution in [3.63, 3.8) is 0 Å². The molecule has 1 aliphatic carbocycles. The molecule has 1 aromatic heterocycles. The molecule has 94 valence electrons. The summed E-state index contributed by atoms with van der Waals surface area (Å²) in [5.74, 6) is 1.37. The zero-order chi connectivity index (χ0) is 12.4. The van der Waals surface area contributed by atoms with Crippen LogP contribution < -0.4 is 5.73 Å². The van der Waals surface area contributed by atoms with Crippen LogP contribution >= 0.6 is 11.3 Å². The Morgan fingerprint density at radius 3 is 2.59 bits per heavy atom. The van der Waals surface area contributed by atoms with E-state index >= 15 is 0 Å². The van der Waals surface area contributed by atoms with Crippen LogP contribution in [0.4, 0.5) is 0 Å². The summed E-state index contributed by atoms with van der Waals surface area (Å²) in [5.41, 5.74) is 7.21. The van der Waals surface area contributed by atoms with Crippen LogP contribution in [0, 0.1) is 19.8 Å². The highest BCUT2D eigenvalue weighted by Crippen LogP contribution is 2.29. The van der Waals surface area contributed by atoms with Gasteiger partial charge in [0.05, 0.1) is 27.5 Å². The number of hydrogen-bond acceptors (Lipinski definition) is 3. The molecule has 0 amide bonds. The molecule has 4 heteroatoms. The van der Waals surface area contributed by atoms with Gasteiger partial charge in [-0.1, -0.05) is 12.8 Å². The summed E-state index contributed by atoms with van der Waals surface area (Å²) in [6.45, 7) is 6.20. The highest BCUT2D eigenvalue weighted by Gasteiger charge is 2.20. The van der Waals surface area contributed by atoms with E-state index in [9.17, 15) is 0 Å². The van der Waals surface area contributed by atoms with Gasteiger partial charge < -0.3 is 5.73 Å². The van der Waals surface area contributed by atoms with E-state index in [-0.39, 0.29) is 6.04 Å². The van der Waals surface area contributed by atoms with E-state index in [1.807, 2.05) is 6.92 Å². The maximum Gasteiger partial charge on any atom is 0.0976 e. The van der Waals surface area contributed by atoms with Gasteiger partial charge in [-0.15, -0.1) is 11.3 Å². The molecule has 1 aromatic rings. The molecule has 0 bridgehead atoms. The molecule has 2 N–H and O–H groups in total. The van der Waals surface area contributed by atoms with Crippen molar-refractivity contribution in [1.82, 2.24) is 4.98 Å². The number of nitrogens with two attached hydrogens (primary N) is 1. The third-order valence-electron chi connectivity index (χ3n) is 3.44. The van der Waals surface area contributed by atoms with E-state index in [1.165, 1.54) is 30.6 Å². The maximum absolute atomic E-state index is 6.11. The number of rotatable bonds is 3. The molecule has 1 heterocycles. The topological polar surface area (TPSA) is 51.3 Å². The Balaban J connectivity index is 2.12. The lowest BCUT2D eigenvalue weighted by Gasteiger charge is -2.11. The molecule has 1 atom stereocenters. The number of thiazole rings is 1. The van der Waals surface area contributed by atoms with Gasteiger partial charge in [-0.3, -0.25) is 4.99 Å². The Hall–Kier alpha value is -0.900. The van der Waals surface area contributed by atoms with Gasteiger partial charge in [0, 0.05) is 5.92 Å². The third-order valence-corrected chi connectivity index (χ3v) is 4.68. The summed E-state index contributed by atoms with van der Waals surface area (Å²) in [5, 5.41) is 1.11. The first kappa shape index (κ1) is 12.6. The molecule has 0 aliphatic heterocycles. The van der Waals surface area contributed by atoms with Crippen molar-refractivity contribution in [3.8, 4) is 0 Å². The van der Waals surface area contributed by atoms with Crippen molar-refractivity contribution < 1.29 is 0 Å². The van der Waals surface area contributed by atoms with E-state index in [2.05, 4.69) is 23.8 Å². The summed E-state index contributed by atoms with van der Waals surface area (Å²) < 4.78 is 0. The number of nitrogens with zero attached hydrogens (tertiary/aromatic N) is 2. The second-order valence-corrected chi connectivity index (χ2v) is 6.13. The van der Waals surface area contributed by atoms with Gasteiger partial charge >= 0.3 is 0 Å². The maximum atomic E-state index is 6.11. The lowest BCUT2D eigenvalue weighted by Crippen LogP contribution is -2.22. The Morgan fingerprint density at radius 2 is 2.06 bits per heavy atom. The van der Waals surface area contributed by atoms with E-state index < -0.39 is 0 Å². The summed E-state index contributed by atoms with van der Waals surface area (Å²) in [7, 11) is 0. The van der Waals surface area contributed by atoms with E-state index in [1.54, 1.807) is 11.3 Å². The number of aromatic nitrogens is 1. The SMILES string of the molecule is Cc1nc(C)c(C(C)N=C(N)C2CCCC2)s1. The molecule has 1 saturated carbocycles. The molecular weight excluding hydrogens is 230 g/mol. The molecule has 0 saturated heterocycles. The minimum absolute atomic E-state index is 0.154. The normalized spacial score (nSPS) is 19.8. The highest BCUT2D eigenvalue weighted by molar-refractivity contribution is 7.11. The molecule has 3 nitrogen and oxygen atoms in total. The quantitative estimate of drug-likeness (QED) is 0.661. The van der Waals surface area contributed by atoms with Crippen LogP contribution in [0.15, 0.2) is 4.99 Å². The van der Waals surface area contributed by atoms with Gasteiger partial charge in [0.15, 0.2) is 0 Å². The molecule has 17 heavy (non-hydrogen) atoms. The first-order valence-corrected chi connectivity index (χ1v) is 7.16. The Labute approximate surface area is 107 Å². The molecule has 1 fully saturated rings. The summed E-state index contributed by atoms with van der Waals surface area (Å²) in [4.78, 5) is 10.4. The van der Waals surface area contributed by atoms with Crippen molar-refractivity contribution in [2.45, 2.75) is 52.5 Å². The van der Waals surface area contributed by atoms with Gasteiger partial charge in [-0.25, -0.2) is 4.98 Å². The van der Waals surface area contributed by atoms with E-state index in [4.69, 9.17) is 5.73 Å². The Bertz CT molecular complexity index is 416. The van der Waals surface area contributed by atoms with Gasteiger partial charge in [0.25, 0.3) is 0 Å². The average molecular weight is 251 g/mol. The third kappa shape index (κ3) is 2.86. The standard InChI is InChI=1S/C13H21N3S/c1-8-12(17-10(3)15-8)9(2)16-13(14)11-6-4-5-7-11/h9,11H,4-7H2,1-3H3,(H2,14,16). The molecule has 0 aromatic carbocycles. The predicted octanol–water partition coefficient (Wildman–Crippen LogP) is 3.37. The summed E-state index contributed by atoms with van der Waals surface area (Å²) in [6.07, 6.45) is 5.02. The minimum Gasteiger partial charge on any atom is -0.387 e. The second-order valence-electron chi connectivity index (χ2n) is 4.89. The van der Waals surface area contributed by atoms with Crippen molar-refractivity contribution in [3.05, 3.63) is 15.6 Å². The van der Waals surface area contributed by atoms with Crippen LogP contribution in [0.2, 0.25) is 0 Å². The van der Waals surface area contributed by atoms with Crippen LogP contribution in [-0.2, 0) is 0 Å². The molecular formula is C13H21N3S. The smallest absolute Gasteiger partial charge is 0.0976 e. The molecule has 1 unspecified atom stereocenters. The van der Waals surface area contributed by atoms with Crippen LogP contribution in [0.3, 0.4) is 0 Å². The highest BCUT2D eigenvalue weighted by atomic mass is 32.1. The zero-order valence-corrected chi connectivity index (χ0v) is 11.7. The Morgan fingerprint density at radius 1 is 1.41 bits per heavy atom. The van der Waals surface area contributed by atoms with Gasteiger partial charge in [-0.05, 0) is 33.6 Å². The van der Waals surface area contributed by atoms with Crippen molar-refractivity contribution in [1.29, 1.82) is 0 Å². The first-order chi connectivity index (χ1) is 8.08. The molecule has 1 aliphatic rings. The zero-order valence-electron chi connectivity index (χ0n) is 10.9. The molecule has 0 radical (unpaired) electrons. The fourth-order valence-corrected chi connectivity index (χ4v) is 3.46. The fourth-order valence-electron chi connectivity index (χ4n) is 2.54. The first-order valence-electron chi connectivity index (χ1n) is 6.35. The monoisotopic (exact) mass is 251 g/mol.